The summed E-state index contributed by atoms with van der Waals surface area (Å²) in [6.45, 7) is 3.95. The molecule has 0 saturated heterocycles. The van der Waals surface area contributed by atoms with Crippen molar-refractivity contribution in [2.24, 2.45) is 0 Å². The second kappa shape index (κ2) is 6.81. The summed E-state index contributed by atoms with van der Waals surface area (Å²) in [5.74, 6) is 0.691. The van der Waals surface area contributed by atoms with E-state index >= 15 is 0 Å². The number of carbonyl (C=O) groups is 1. The third kappa shape index (κ3) is 3.04. The van der Waals surface area contributed by atoms with Crippen LogP contribution in [0.5, 0.6) is 0 Å². The molecule has 0 fully saturated rings. The fraction of sp³-hybridized carbons (Fsp3) is 0.136. The number of hydrogen-bond acceptors (Lipinski definition) is 3. The lowest BCUT2D eigenvalue weighted by Crippen LogP contribution is -2.26. The van der Waals surface area contributed by atoms with E-state index in [0.29, 0.717) is 11.1 Å². The Kier molecular flexibility index (Phi) is 4.35. The van der Waals surface area contributed by atoms with Gasteiger partial charge in [0.05, 0.1) is 16.3 Å². The summed E-state index contributed by atoms with van der Waals surface area (Å²) in [7, 11) is 0. The zero-order valence-electron chi connectivity index (χ0n) is 14.7. The Bertz CT molecular complexity index is 1050. The SMILES string of the molecule is Cc1sc2cc(-c3ccccc3)oc2c1C(=O)N[C@H](C)c1ccccc1. The van der Waals surface area contributed by atoms with Crippen LogP contribution < -0.4 is 5.32 Å². The fourth-order valence-electron chi connectivity index (χ4n) is 3.10. The van der Waals surface area contributed by atoms with Gasteiger partial charge in [0.2, 0.25) is 0 Å². The molecule has 4 aromatic rings. The number of thiophene rings is 1. The summed E-state index contributed by atoms with van der Waals surface area (Å²) in [6, 6.07) is 21.8. The number of amides is 1. The van der Waals surface area contributed by atoms with E-state index < -0.39 is 0 Å². The van der Waals surface area contributed by atoms with Gasteiger partial charge >= 0.3 is 0 Å². The number of furan rings is 1. The number of fused-ring (bicyclic) bond motifs is 1. The zero-order valence-corrected chi connectivity index (χ0v) is 15.5. The molecule has 3 nitrogen and oxygen atoms in total. The van der Waals surface area contributed by atoms with Gasteiger partial charge in [-0.25, -0.2) is 0 Å². The van der Waals surface area contributed by atoms with Crippen molar-refractivity contribution >= 4 is 27.5 Å². The Labute approximate surface area is 156 Å². The predicted octanol–water partition coefficient (Wildman–Crippen LogP) is 5.96. The van der Waals surface area contributed by atoms with E-state index in [9.17, 15) is 4.79 Å². The first-order valence-electron chi connectivity index (χ1n) is 8.57. The van der Waals surface area contributed by atoms with Crippen molar-refractivity contribution in [1.82, 2.24) is 5.32 Å². The summed E-state index contributed by atoms with van der Waals surface area (Å²) < 4.78 is 7.06. The van der Waals surface area contributed by atoms with Crippen LogP contribution in [-0.4, -0.2) is 5.91 Å². The van der Waals surface area contributed by atoms with Gasteiger partial charge in [-0.3, -0.25) is 4.79 Å². The first-order valence-corrected chi connectivity index (χ1v) is 9.39. The highest BCUT2D eigenvalue weighted by atomic mass is 32.1. The van der Waals surface area contributed by atoms with E-state index in [-0.39, 0.29) is 11.9 Å². The van der Waals surface area contributed by atoms with Gasteiger partial charge in [-0.15, -0.1) is 11.3 Å². The van der Waals surface area contributed by atoms with E-state index in [2.05, 4.69) is 5.32 Å². The highest BCUT2D eigenvalue weighted by molar-refractivity contribution is 7.19. The molecule has 1 atom stereocenters. The van der Waals surface area contributed by atoms with Crippen LogP contribution in [0.2, 0.25) is 0 Å². The number of hydrogen-bond donors (Lipinski definition) is 1. The van der Waals surface area contributed by atoms with Crippen LogP contribution in [0.1, 0.15) is 33.8 Å². The molecule has 1 amide bonds. The maximum atomic E-state index is 12.9. The molecule has 0 unspecified atom stereocenters. The van der Waals surface area contributed by atoms with Crippen LogP contribution in [0.25, 0.3) is 21.6 Å². The molecule has 0 saturated carbocycles. The van der Waals surface area contributed by atoms with Crippen LogP contribution in [0, 0.1) is 6.92 Å². The van der Waals surface area contributed by atoms with E-state index in [1.165, 1.54) is 0 Å². The third-order valence-electron chi connectivity index (χ3n) is 4.47. The lowest BCUT2D eigenvalue weighted by atomic mass is 10.1. The fourth-order valence-corrected chi connectivity index (χ4v) is 4.12. The van der Waals surface area contributed by atoms with Crippen molar-refractivity contribution in [3.8, 4) is 11.3 Å². The van der Waals surface area contributed by atoms with E-state index in [1.54, 1.807) is 11.3 Å². The summed E-state index contributed by atoms with van der Waals surface area (Å²) in [4.78, 5) is 13.9. The first-order chi connectivity index (χ1) is 12.6. The van der Waals surface area contributed by atoms with Gasteiger partial charge in [0.25, 0.3) is 5.91 Å². The summed E-state index contributed by atoms with van der Waals surface area (Å²) in [6.07, 6.45) is 0. The lowest BCUT2D eigenvalue weighted by Gasteiger charge is -2.14. The average Bonchev–Trinajstić information content (AvgIpc) is 3.19. The molecule has 2 heterocycles. The van der Waals surface area contributed by atoms with Gasteiger partial charge in [0, 0.05) is 16.5 Å². The predicted molar refractivity (Wildman–Crippen MR) is 107 cm³/mol. The monoisotopic (exact) mass is 361 g/mol. The molecule has 26 heavy (non-hydrogen) atoms. The van der Waals surface area contributed by atoms with Gasteiger partial charge < -0.3 is 9.73 Å². The number of benzene rings is 2. The zero-order chi connectivity index (χ0) is 18.1. The topological polar surface area (TPSA) is 42.2 Å². The third-order valence-corrected chi connectivity index (χ3v) is 5.51. The lowest BCUT2D eigenvalue weighted by molar-refractivity contribution is 0.0940. The van der Waals surface area contributed by atoms with E-state index in [0.717, 1.165) is 26.5 Å². The van der Waals surface area contributed by atoms with Crippen LogP contribution in [0.15, 0.2) is 71.1 Å². The molecule has 0 radical (unpaired) electrons. The Morgan fingerprint density at radius 2 is 1.69 bits per heavy atom. The smallest absolute Gasteiger partial charge is 0.256 e. The second-order valence-corrected chi connectivity index (χ2v) is 7.57. The molecule has 4 rings (SSSR count). The molecular weight excluding hydrogens is 342 g/mol. The minimum atomic E-state index is -0.0981. The van der Waals surface area contributed by atoms with Gasteiger partial charge in [-0.2, -0.15) is 0 Å². The average molecular weight is 361 g/mol. The largest absolute Gasteiger partial charge is 0.454 e. The molecule has 1 N–H and O–H groups in total. The minimum absolute atomic E-state index is 0.0680. The molecule has 2 aromatic carbocycles. The van der Waals surface area contributed by atoms with Gasteiger partial charge in [0.15, 0.2) is 5.58 Å². The molecule has 0 aliphatic rings. The molecule has 0 spiro atoms. The maximum Gasteiger partial charge on any atom is 0.256 e. The molecule has 4 heteroatoms. The number of rotatable bonds is 4. The van der Waals surface area contributed by atoms with Crippen LogP contribution >= 0.6 is 11.3 Å². The quantitative estimate of drug-likeness (QED) is 0.487. The first kappa shape index (κ1) is 16.6. The Hall–Kier alpha value is -2.85. The molecular formula is C22H19NO2S. The summed E-state index contributed by atoms with van der Waals surface area (Å²) >= 11 is 1.59. The number of aryl methyl sites for hydroxylation is 1. The van der Waals surface area contributed by atoms with Crippen molar-refractivity contribution in [3.63, 3.8) is 0 Å². The summed E-state index contributed by atoms with van der Waals surface area (Å²) in [5, 5.41) is 3.09. The number of carbonyl (C=O) groups excluding carboxylic acids is 1. The molecule has 0 aliphatic heterocycles. The molecule has 130 valence electrons. The minimum Gasteiger partial charge on any atom is -0.454 e. The van der Waals surface area contributed by atoms with Crippen LogP contribution in [0.4, 0.5) is 0 Å². The number of nitrogens with one attached hydrogen (secondary N) is 1. The van der Waals surface area contributed by atoms with Crippen molar-refractivity contribution < 1.29 is 9.21 Å². The van der Waals surface area contributed by atoms with Gasteiger partial charge in [-0.1, -0.05) is 60.7 Å². The van der Waals surface area contributed by atoms with Gasteiger partial charge in [0.1, 0.15) is 5.76 Å². The standard InChI is InChI=1S/C22H19NO2S/c1-14(16-9-5-3-6-10-16)23-22(24)20-15(2)26-19-13-18(25-21(19)20)17-11-7-4-8-12-17/h3-14H,1-2H3,(H,23,24)/t14-/m1/s1. The maximum absolute atomic E-state index is 12.9. The highest BCUT2D eigenvalue weighted by Gasteiger charge is 2.22. The van der Waals surface area contributed by atoms with Gasteiger partial charge in [-0.05, 0) is 19.4 Å². The normalized spacial score (nSPS) is 12.2. The van der Waals surface area contributed by atoms with E-state index in [4.69, 9.17) is 4.42 Å². The Morgan fingerprint density at radius 1 is 1.04 bits per heavy atom. The summed E-state index contributed by atoms with van der Waals surface area (Å²) in [5.41, 5.74) is 3.39. The van der Waals surface area contributed by atoms with Crippen molar-refractivity contribution in [1.29, 1.82) is 0 Å². The Balaban J connectivity index is 1.66. The van der Waals surface area contributed by atoms with Crippen LogP contribution in [0.3, 0.4) is 0 Å². The molecule has 0 aliphatic carbocycles. The molecule has 2 aromatic heterocycles. The van der Waals surface area contributed by atoms with Crippen molar-refractivity contribution in [2.45, 2.75) is 19.9 Å². The Morgan fingerprint density at radius 3 is 2.38 bits per heavy atom. The van der Waals surface area contributed by atoms with E-state index in [1.807, 2.05) is 80.6 Å². The highest BCUT2D eigenvalue weighted by Crippen LogP contribution is 2.37. The van der Waals surface area contributed by atoms with Crippen molar-refractivity contribution in [3.05, 3.63) is 82.7 Å². The van der Waals surface area contributed by atoms with Crippen molar-refractivity contribution in [2.75, 3.05) is 0 Å². The molecule has 0 bridgehead atoms. The second-order valence-electron chi connectivity index (χ2n) is 6.31. The van der Waals surface area contributed by atoms with Crippen LogP contribution in [-0.2, 0) is 0 Å².